The number of aliphatic hydroxyl groups is 1. The fourth-order valence-corrected chi connectivity index (χ4v) is 11.0. The molecule has 3 aliphatic heterocycles. The molecule has 29 heteroatoms. The number of aliphatic hydroxyl groups excluding tert-OH is 1. The van der Waals surface area contributed by atoms with Crippen LogP contribution in [0, 0.1) is 0 Å². The fourth-order valence-electron chi connectivity index (χ4n) is 5.63. The summed E-state index contributed by atoms with van der Waals surface area (Å²) in [7, 11) is -11.1. The number of aromatic nitrogens is 4. The van der Waals surface area contributed by atoms with Crippen molar-refractivity contribution in [2.75, 3.05) is 31.2 Å². The lowest BCUT2D eigenvalue weighted by molar-refractivity contribution is -0.121. The van der Waals surface area contributed by atoms with E-state index in [0.717, 1.165) is 24.9 Å². The van der Waals surface area contributed by atoms with E-state index < -0.39 is 59.6 Å². The minimum atomic E-state index is -5.62. The van der Waals surface area contributed by atoms with E-state index in [1.165, 1.54) is 10.9 Å². The predicted octanol–water partition coefficient (Wildman–Crippen LogP) is -0.937. The molecule has 0 aliphatic carbocycles. The molecule has 3 saturated heterocycles. The summed E-state index contributed by atoms with van der Waals surface area (Å²) in [5, 5.41) is 22.3. The first-order chi connectivity index (χ1) is 24.4. The number of nitrogens with one attached hydrogen (secondary N) is 4. The Morgan fingerprint density at radius 3 is 2.60 bits per heavy atom. The molecule has 4 amide bonds. The number of phosphoric acid groups is 2. The number of imidazole rings is 1. The minimum Gasteiger partial charge on any atom is -0.439 e. The third-order valence-electron chi connectivity index (χ3n) is 7.83. The van der Waals surface area contributed by atoms with Crippen LogP contribution in [0.25, 0.3) is 11.2 Å². The van der Waals surface area contributed by atoms with Gasteiger partial charge in [0, 0.05) is 30.5 Å². The number of hydrogen-bond donors (Lipinski definition) is 10. The molecule has 5 rings (SSSR count). The summed E-state index contributed by atoms with van der Waals surface area (Å²) < 4.78 is 49.1. The van der Waals surface area contributed by atoms with Crippen LogP contribution in [0.2, 0.25) is 0 Å². The van der Waals surface area contributed by atoms with Gasteiger partial charge in [0.05, 0.1) is 25.0 Å². The topological polar surface area (TPSA) is 350 Å². The highest BCUT2D eigenvalue weighted by atomic mass is 32.5. The Bertz CT molecular complexity index is 1790. The van der Waals surface area contributed by atoms with E-state index in [1.54, 1.807) is 11.8 Å². The van der Waals surface area contributed by atoms with Crippen molar-refractivity contribution in [2.24, 2.45) is 0 Å². The third kappa shape index (κ3) is 10.8. The zero-order chi connectivity index (χ0) is 37.8. The number of ether oxygens (including phenoxy) is 2. The van der Waals surface area contributed by atoms with Gasteiger partial charge in [0.25, 0.3) is 0 Å². The molecule has 2 aromatic heterocycles. The van der Waals surface area contributed by atoms with Gasteiger partial charge >= 0.3 is 34.5 Å². The zero-order valence-corrected chi connectivity index (χ0v) is 31.0. The van der Waals surface area contributed by atoms with Crippen LogP contribution in [0.5, 0.6) is 0 Å². The van der Waals surface area contributed by atoms with Crippen molar-refractivity contribution in [1.29, 1.82) is 0 Å². The Labute approximate surface area is 303 Å². The van der Waals surface area contributed by atoms with Crippen molar-refractivity contribution >= 4 is 80.9 Å². The quantitative estimate of drug-likeness (QED) is 0.0522. The largest absolute Gasteiger partial charge is 0.488 e. The van der Waals surface area contributed by atoms with Crippen molar-refractivity contribution in [3.8, 4) is 0 Å². The molecule has 0 aromatic carbocycles. The van der Waals surface area contributed by atoms with E-state index in [-0.39, 0.29) is 65.8 Å². The molecule has 0 bridgehead atoms. The van der Waals surface area contributed by atoms with Crippen molar-refractivity contribution in [3.63, 3.8) is 0 Å². The first-order valence-corrected chi connectivity index (χ1v) is 22.0. The number of carbonyl (C=O) groups excluding carboxylic acids is 3. The van der Waals surface area contributed by atoms with E-state index in [0.29, 0.717) is 6.42 Å². The van der Waals surface area contributed by atoms with Crippen molar-refractivity contribution in [2.45, 2.75) is 67.6 Å². The van der Waals surface area contributed by atoms with E-state index in [1.807, 2.05) is 0 Å². The van der Waals surface area contributed by atoms with Gasteiger partial charge in [-0.05, 0) is 24.6 Å². The summed E-state index contributed by atoms with van der Waals surface area (Å²) in [5.74, 6) is 0.612. The van der Waals surface area contributed by atoms with Gasteiger partial charge in [-0.1, -0.05) is 6.42 Å². The molecule has 0 saturated carbocycles. The number of carbonyl (C=O) groups is 3. The summed E-state index contributed by atoms with van der Waals surface area (Å²) in [6.07, 6.45) is -2.49. The van der Waals surface area contributed by atoms with Crippen molar-refractivity contribution < 1.29 is 70.8 Å². The highest BCUT2D eigenvalue weighted by Crippen LogP contribution is 2.66. The number of alkyl carbamates (subject to hydrolysis) is 1. The number of nitrogens with zero attached hydrogens (tertiary/aromatic N) is 4. The molecule has 3 fully saturated rings. The third-order valence-corrected chi connectivity index (χ3v) is 13.7. The molecule has 9 atom stereocenters. The van der Waals surface area contributed by atoms with Crippen LogP contribution >= 0.6 is 34.1 Å². The molecule has 52 heavy (non-hydrogen) atoms. The molecular formula is C23H36N9O15P3S2. The van der Waals surface area contributed by atoms with Crippen LogP contribution in [-0.2, 0) is 48.4 Å². The second kappa shape index (κ2) is 16.9. The van der Waals surface area contributed by atoms with Crippen molar-refractivity contribution in [1.82, 2.24) is 40.8 Å². The Kier molecular flexibility index (Phi) is 13.2. The molecule has 11 N–H and O–H groups in total. The first-order valence-electron chi connectivity index (χ1n) is 15.4. The molecule has 2 aromatic rings. The van der Waals surface area contributed by atoms with Crippen LogP contribution in [0.4, 0.5) is 15.4 Å². The lowest BCUT2D eigenvalue weighted by Crippen LogP contribution is -2.41. The maximum atomic E-state index is 12.8. The molecule has 2 unspecified atom stereocenters. The number of nitrogen functional groups attached to an aromatic ring is 1. The van der Waals surface area contributed by atoms with Crippen LogP contribution in [-0.4, -0.2) is 123 Å². The number of urea groups is 1. The Balaban J connectivity index is 1.11. The molecule has 290 valence electrons. The zero-order valence-electron chi connectivity index (χ0n) is 26.7. The smallest absolute Gasteiger partial charge is 0.439 e. The van der Waals surface area contributed by atoms with E-state index in [9.17, 15) is 38.4 Å². The van der Waals surface area contributed by atoms with Crippen LogP contribution < -0.4 is 27.0 Å². The number of fused-ring (bicyclic) bond motifs is 2. The molecule has 0 radical (unpaired) electrons. The van der Waals surface area contributed by atoms with E-state index in [2.05, 4.69) is 61.2 Å². The number of thioether (sulfide) groups is 1. The van der Waals surface area contributed by atoms with Crippen molar-refractivity contribution in [3.05, 3.63) is 12.7 Å². The number of rotatable bonds is 17. The molecule has 0 spiro atoms. The second-order valence-electron chi connectivity index (χ2n) is 11.5. The van der Waals surface area contributed by atoms with Gasteiger partial charge in [-0.25, -0.2) is 38.0 Å². The summed E-state index contributed by atoms with van der Waals surface area (Å²) >= 11 is 5.84. The summed E-state index contributed by atoms with van der Waals surface area (Å²) in [4.78, 5) is 86.2. The number of anilines is 1. The number of nitrogens with two attached hydrogens (primary N) is 1. The highest BCUT2D eigenvalue weighted by Gasteiger charge is 2.49. The van der Waals surface area contributed by atoms with Gasteiger partial charge in [0.1, 0.15) is 24.1 Å². The molecule has 24 nitrogen and oxygen atoms in total. The van der Waals surface area contributed by atoms with Gasteiger partial charge in [-0.2, -0.15) is 16.1 Å². The van der Waals surface area contributed by atoms with Gasteiger partial charge in [-0.15, -0.1) is 0 Å². The van der Waals surface area contributed by atoms with E-state index >= 15 is 0 Å². The summed E-state index contributed by atoms with van der Waals surface area (Å²) in [6.45, 7) is -5.84. The van der Waals surface area contributed by atoms with Gasteiger partial charge in [0.2, 0.25) is 5.91 Å². The van der Waals surface area contributed by atoms with Gasteiger partial charge < -0.3 is 61.2 Å². The standard InChI is InChI=1S/C23H36N9O15P3S2/c24-19-16-20(28-9-27-19)32(10-29-16)21-18(17(34)12(44-21)7-43-48(37,38)46-49(39,40)47-50(41,42)51)45-23(36)26-6-5-25-14(33)4-2-1-3-13-15-11(8-52-13)30-22(35)31-15/h9-13,15,17-18,21,34H,1-8H2,(H,25,33)(H,26,36)(H,37,38)(H,39,40)(H2,24,27,28)(H2,30,31,35)(H2,41,42,51)/t11-,12+,13-,15-,17+,18+,21+/m0/s1. The Morgan fingerprint density at radius 1 is 1.10 bits per heavy atom. The Morgan fingerprint density at radius 2 is 1.85 bits per heavy atom. The molecule has 5 heterocycles. The average molecular weight is 836 g/mol. The number of phosphoric ester groups is 1. The maximum absolute atomic E-state index is 12.8. The summed E-state index contributed by atoms with van der Waals surface area (Å²) in [5.41, 5.74) is 6.07. The number of hydrogen-bond acceptors (Lipinski definition) is 17. The lowest BCUT2D eigenvalue weighted by atomic mass is 10.0. The van der Waals surface area contributed by atoms with Crippen LogP contribution in [0.3, 0.4) is 0 Å². The van der Waals surface area contributed by atoms with Crippen LogP contribution in [0.15, 0.2) is 12.7 Å². The lowest BCUT2D eigenvalue weighted by Gasteiger charge is -2.22. The number of unbranched alkanes of at least 4 members (excludes halogenated alkanes) is 1. The number of amides is 4. The average Bonchev–Trinajstić information content (AvgIpc) is 3.79. The second-order valence-corrected chi connectivity index (χ2v) is 18.7. The minimum absolute atomic E-state index is 0.00710. The summed E-state index contributed by atoms with van der Waals surface area (Å²) in [6, 6.07) is 0.0695. The first kappa shape index (κ1) is 40.6. The normalized spacial score (nSPS) is 28.0. The Hall–Kier alpha value is -2.54. The SMILES string of the molecule is Nc1ncnc2c1ncn2[C@@H]1O[C@H](COP(=O)(O)OP(=O)(O)OP(O)(O)=S)[C@@H](O)[C@H]1OC(=O)NCCNC(=O)CCCC[C@@H]1SC[C@@H]2NC(=O)N[C@@H]21. The highest BCUT2D eigenvalue weighted by molar-refractivity contribution is 8.08. The van der Waals surface area contributed by atoms with Gasteiger partial charge in [-0.3, -0.25) is 13.9 Å². The molecular weight excluding hydrogens is 799 g/mol. The van der Waals surface area contributed by atoms with Gasteiger partial charge in [0.15, 0.2) is 23.8 Å². The molecule has 3 aliphatic rings. The maximum Gasteiger partial charge on any atom is 0.488 e. The van der Waals surface area contributed by atoms with E-state index in [4.69, 9.17) is 25.0 Å². The van der Waals surface area contributed by atoms with Crippen LogP contribution in [0.1, 0.15) is 31.9 Å². The predicted molar refractivity (Wildman–Crippen MR) is 181 cm³/mol. The fraction of sp³-hybridized carbons (Fsp3) is 0.652. The monoisotopic (exact) mass is 835 g/mol.